The highest BCUT2D eigenvalue weighted by Crippen LogP contribution is 2.35. The van der Waals surface area contributed by atoms with E-state index in [0.717, 1.165) is 16.9 Å². The van der Waals surface area contributed by atoms with E-state index in [-0.39, 0.29) is 17.7 Å². The van der Waals surface area contributed by atoms with E-state index in [2.05, 4.69) is 5.32 Å². The number of rotatable bonds is 2. The molecule has 4 nitrogen and oxygen atoms in total. The molecule has 4 heteroatoms. The van der Waals surface area contributed by atoms with Crippen LogP contribution in [0.1, 0.15) is 18.0 Å². The monoisotopic (exact) mass is 268 g/mol. The van der Waals surface area contributed by atoms with Gasteiger partial charge in [-0.3, -0.25) is 4.79 Å². The Kier molecular flexibility index (Phi) is 3.06. The van der Waals surface area contributed by atoms with E-state index in [1.54, 1.807) is 36.2 Å². The summed E-state index contributed by atoms with van der Waals surface area (Å²) in [4.78, 5) is 13.8. The van der Waals surface area contributed by atoms with E-state index in [0.29, 0.717) is 6.42 Å². The van der Waals surface area contributed by atoms with Crippen molar-refractivity contribution in [1.29, 1.82) is 0 Å². The average Bonchev–Trinajstić information content (AvgIpc) is 2.47. The zero-order valence-electron chi connectivity index (χ0n) is 11.2. The number of hydrogen-bond acceptors (Lipinski definition) is 3. The van der Waals surface area contributed by atoms with Crippen LogP contribution >= 0.6 is 0 Å². The van der Waals surface area contributed by atoms with Gasteiger partial charge in [0.25, 0.3) is 0 Å². The van der Waals surface area contributed by atoms with Gasteiger partial charge in [-0.25, -0.2) is 0 Å². The minimum Gasteiger partial charge on any atom is -0.508 e. The first-order valence-corrected chi connectivity index (χ1v) is 6.56. The topological polar surface area (TPSA) is 52.6 Å². The van der Waals surface area contributed by atoms with Crippen LogP contribution in [-0.4, -0.2) is 18.1 Å². The van der Waals surface area contributed by atoms with Crippen LogP contribution in [-0.2, 0) is 4.79 Å². The van der Waals surface area contributed by atoms with Crippen LogP contribution in [0.3, 0.4) is 0 Å². The van der Waals surface area contributed by atoms with Crippen molar-refractivity contribution in [1.82, 2.24) is 0 Å². The van der Waals surface area contributed by atoms with Crippen LogP contribution in [0.5, 0.6) is 5.75 Å². The van der Waals surface area contributed by atoms with Crippen LogP contribution in [0.15, 0.2) is 48.5 Å². The van der Waals surface area contributed by atoms with Gasteiger partial charge in [0.05, 0.1) is 12.5 Å². The number of carbonyl (C=O) groups is 1. The highest BCUT2D eigenvalue weighted by Gasteiger charge is 2.28. The Morgan fingerprint density at radius 3 is 2.60 bits per heavy atom. The molecule has 1 aliphatic heterocycles. The molecule has 0 aliphatic carbocycles. The summed E-state index contributed by atoms with van der Waals surface area (Å²) in [6.45, 7) is 0. The van der Waals surface area contributed by atoms with Crippen molar-refractivity contribution in [2.24, 2.45) is 0 Å². The number of phenols is 1. The molecule has 0 bridgehead atoms. The summed E-state index contributed by atoms with van der Waals surface area (Å²) in [6, 6.07) is 14.7. The Bertz CT molecular complexity index is 637. The van der Waals surface area contributed by atoms with Gasteiger partial charge >= 0.3 is 0 Å². The highest BCUT2D eigenvalue weighted by atomic mass is 16.3. The molecule has 1 aliphatic rings. The van der Waals surface area contributed by atoms with Crippen LogP contribution in [0.4, 0.5) is 11.4 Å². The van der Waals surface area contributed by atoms with Gasteiger partial charge < -0.3 is 15.3 Å². The first-order valence-electron chi connectivity index (χ1n) is 6.56. The molecule has 0 aromatic heterocycles. The summed E-state index contributed by atoms with van der Waals surface area (Å²) in [6.07, 6.45) is 0.425. The molecule has 2 N–H and O–H groups in total. The number of anilines is 2. The molecule has 20 heavy (non-hydrogen) atoms. The fourth-order valence-corrected chi connectivity index (χ4v) is 2.53. The molecule has 0 saturated carbocycles. The Balaban J connectivity index is 1.92. The molecule has 0 radical (unpaired) electrons. The Labute approximate surface area is 117 Å². The number of nitrogens with zero attached hydrogens (tertiary/aromatic N) is 1. The zero-order chi connectivity index (χ0) is 14.1. The lowest BCUT2D eigenvalue weighted by Crippen LogP contribution is -2.35. The molecule has 0 saturated heterocycles. The summed E-state index contributed by atoms with van der Waals surface area (Å²) in [5, 5.41) is 12.7. The number of fused-ring (bicyclic) bond motifs is 1. The zero-order valence-corrected chi connectivity index (χ0v) is 11.2. The van der Waals surface area contributed by atoms with Gasteiger partial charge in [-0.2, -0.15) is 0 Å². The van der Waals surface area contributed by atoms with E-state index >= 15 is 0 Å². The molecule has 1 heterocycles. The van der Waals surface area contributed by atoms with Crippen LogP contribution < -0.4 is 10.2 Å². The second kappa shape index (κ2) is 4.89. The molecule has 1 amide bonds. The number of amides is 1. The fourth-order valence-electron chi connectivity index (χ4n) is 2.53. The van der Waals surface area contributed by atoms with Gasteiger partial charge in [-0.1, -0.05) is 18.2 Å². The summed E-state index contributed by atoms with van der Waals surface area (Å²) in [5.74, 6) is 0.329. The largest absolute Gasteiger partial charge is 0.508 e. The first kappa shape index (κ1) is 12.5. The first-order chi connectivity index (χ1) is 9.65. The number of benzene rings is 2. The molecule has 102 valence electrons. The molecule has 3 rings (SSSR count). The van der Waals surface area contributed by atoms with Crippen molar-refractivity contribution in [3.63, 3.8) is 0 Å². The molecule has 2 aromatic rings. The third-order valence-electron chi connectivity index (χ3n) is 3.63. The molecule has 1 atom stereocenters. The number of para-hydroxylation sites is 1. The van der Waals surface area contributed by atoms with Gasteiger partial charge in [0.2, 0.25) is 5.91 Å². The second-order valence-electron chi connectivity index (χ2n) is 4.96. The fraction of sp³-hybridized carbons (Fsp3) is 0.188. The smallest absolute Gasteiger partial charge is 0.229 e. The minimum atomic E-state index is -0.0422. The normalized spacial score (nSPS) is 17.8. The number of aromatic hydroxyl groups is 1. The lowest BCUT2D eigenvalue weighted by molar-refractivity contribution is -0.118. The predicted molar refractivity (Wildman–Crippen MR) is 78.9 cm³/mol. The van der Waals surface area contributed by atoms with E-state index in [4.69, 9.17) is 0 Å². The van der Waals surface area contributed by atoms with Gasteiger partial charge in [0, 0.05) is 18.4 Å². The summed E-state index contributed by atoms with van der Waals surface area (Å²) in [5.41, 5.74) is 2.95. The van der Waals surface area contributed by atoms with Gasteiger partial charge in [0.1, 0.15) is 5.75 Å². The van der Waals surface area contributed by atoms with Crippen molar-refractivity contribution in [3.8, 4) is 5.75 Å². The van der Waals surface area contributed by atoms with E-state index in [1.165, 1.54) is 0 Å². The summed E-state index contributed by atoms with van der Waals surface area (Å²) >= 11 is 0. The minimum absolute atomic E-state index is 0.0422. The van der Waals surface area contributed by atoms with Crippen molar-refractivity contribution >= 4 is 17.3 Å². The van der Waals surface area contributed by atoms with Gasteiger partial charge in [-0.05, 0) is 35.9 Å². The lowest BCUT2D eigenvalue weighted by Gasteiger charge is -2.32. The molecular formula is C16H16N2O2. The molecular weight excluding hydrogens is 252 g/mol. The Hall–Kier alpha value is -2.49. The van der Waals surface area contributed by atoms with Crippen molar-refractivity contribution in [2.75, 3.05) is 17.3 Å². The van der Waals surface area contributed by atoms with Crippen molar-refractivity contribution < 1.29 is 9.90 Å². The maximum Gasteiger partial charge on any atom is 0.229 e. The highest BCUT2D eigenvalue weighted by molar-refractivity contribution is 5.97. The van der Waals surface area contributed by atoms with Crippen molar-refractivity contribution in [3.05, 3.63) is 54.1 Å². The van der Waals surface area contributed by atoms with Gasteiger partial charge in [0.15, 0.2) is 0 Å². The van der Waals surface area contributed by atoms with E-state index in [9.17, 15) is 9.90 Å². The maximum atomic E-state index is 12.1. The van der Waals surface area contributed by atoms with Gasteiger partial charge in [-0.15, -0.1) is 0 Å². The van der Waals surface area contributed by atoms with Crippen LogP contribution in [0.25, 0.3) is 0 Å². The Morgan fingerprint density at radius 2 is 1.85 bits per heavy atom. The third kappa shape index (κ3) is 2.20. The molecule has 0 spiro atoms. The number of nitrogens with one attached hydrogen (secondary N) is 1. The number of carbonyl (C=O) groups excluding carboxylic acids is 1. The second-order valence-corrected chi connectivity index (χ2v) is 4.96. The standard InChI is InChI=1S/C16H16N2O2/c1-18-15-5-3-2-4-13(15)14(10-16(18)20)17-11-6-8-12(19)9-7-11/h2-9,14,17,19H,10H2,1H3. The van der Waals surface area contributed by atoms with Crippen LogP contribution in [0.2, 0.25) is 0 Å². The van der Waals surface area contributed by atoms with E-state index < -0.39 is 0 Å². The summed E-state index contributed by atoms with van der Waals surface area (Å²) in [7, 11) is 1.80. The molecule has 2 aromatic carbocycles. The summed E-state index contributed by atoms with van der Waals surface area (Å²) < 4.78 is 0. The van der Waals surface area contributed by atoms with Crippen LogP contribution in [0, 0.1) is 0 Å². The number of phenolic OH excluding ortho intramolecular Hbond substituents is 1. The number of hydrogen-bond donors (Lipinski definition) is 2. The molecule has 1 unspecified atom stereocenters. The SMILES string of the molecule is CN1C(=O)CC(Nc2ccc(O)cc2)c2ccccc21. The Morgan fingerprint density at radius 1 is 1.15 bits per heavy atom. The molecule has 0 fully saturated rings. The van der Waals surface area contributed by atoms with Crippen molar-refractivity contribution in [2.45, 2.75) is 12.5 Å². The van der Waals surface area contributed by atoms with E-state index in [1.807, 2.05) is 24.3 Å². The maximum absolute atomic E-state index is 12.1. The average molecular weight is 268 g/mol. The lowest BCUT2D eigenvalue weighted by atomic mass is 9.96. The third-order valence-corrected chi connectivity index (χ3v) is 3.63. The predicted octanol–water partition coefficient (Wildman–Crippen LogP) is 2.91. The quantitative estimate of drug-likeness (QED) is 0.823.